The average molecular weight is 356 g/mol. The number of carbonyl (C=O) groups is 1. The summed E-state index contributed by atoms with van der Waals surface area (Å²) in [5.74, 6) is -0.671. The van der Waals surface area contributed by atoms with Crippen molar-refractivity contribution in [2.45, 2.75) is 51.1 Å². The molecule has 7 heteroatoms. The third-order valence-electron chi connectivity index (χ3n) is 4.36. The standard InChI is InChI=1S/C17H25FN2O3S/c1-24(22,23)20(16-6-4-2-3-5-7-16)13-17(21)19-12-14-8-10-15(18)11-9-14/h8-11,16H,2-7,12-13H2,1H3,(H,19,21). The van der Waals surface area contributed by atoms with Crippen LogP contribution in [0.1, 0.15) is 44.1 Å². The van der Waals surface area contributed by atoms with Gasteiger partial charge < -0.3 is 5.32 Å². The molecule has 134 valence electrons. The minimum Gasteiger partial charge on any atom is -0.351 e. The van der Waals surface area contributed by atoms with Gasteiger partial charge in [-0.05, 0) is 30.5 Å². The number of hydrogen-bond donors (Lipinski definition) is 1. The number of amides is 1. The molecule has 1 aliphatic carbocycles. The fraction of sp³-hybridized carbons (Fsp3) is 0.588. The van der Waals surface area contributed by atoms with Gasteiger partial charge in [0.2, 0.25) is 15.9 Å². The Morgan fingerprint density at radius 1 is 1.17 bits per heavy atom. The lowest BCUT2D eigenvalue weighted by Crippen LogP contribution is -2.45. The van der Waals surface area contributed by atoms with E-state index < -0.39 is 10.0 Å². The molecular formula is C17H25FN2O3S. The molecule has 0 heterocycles. The second-order valence-corrected chi connectivity index (χ2v) is 8.29. The second kappa shape index (κ2) is 8.58. The predicted octanol–water partition coefficient (Wildman–Crippen LogP) is 2.43. The molecule has 1 aromatic rings. The normalized spacial score (nSPS) is 16.8. The van der Waals surface area contributed by atoms with E-state index in [0.29, 0.717) is 0 Å². The number of nitrogens with zero attached hydrogens (tertiary/aromatic N) is 1. The van der Waals surface area contributed by atoms with E-state index >= 15 is 0 Å². The van der Waals surface area contributed by atoms with Crippen molar-refractivity contribution in [1.82, 2.24) is 9.62 Å². The van der Waals surface area contributed by atoms with E-state index in [0.717, 1.165) is 50.3 Å². The molecular weight excluding hydrogens is 331 g/mol. The summed E-state index contributed by atoms with van der Waals surface area (Å²) in [7, 11) is -3.44. The van der Waals surface area contributed by atoms with Gasteiger partial charge in [0.05, 0.1) is 12.8 Å². The lowest BCUT2D eigenvalue weighted by atomic mass is 10.1. The first kappa shape index (κ1) is 18.9. The molecule has 24 heavy (non-hydrogen) atoms. The highest BCUT2D eigenvalue weighted by molar-refractivity contribution is 7.88. The Morgan fingerprint density at radius 2 is 1.75 bits per heavy atom. The Labute approximate surface area is 143 Å². The summed E-state index contributed by atoms with van der Waals surface area (Å²) in [6.07, 6.45) is 6.99. The number of rotatable bonds is 6. The van der Waals surface area contributed by atoms with Crippen LogP contribution in [-0.4, -0.2) is 37.5 Å². The molecule has 0 unspecified atom stereocenters. The van der Waals surface area contributed by atoms with Crippen molar-refractivity contribution < 1.29 is 17.6 Å². The van der Waals surface area contributed by atoms with Gasteiger partial charge >= 0.3 is 0 Å². The molecule has 0 radical (unpaired) electrons. The van der Waals surface area contributed by atoms with Crippen LogP contribution in [0.4, 0.5) is 4.39 Å². The molecule has 0 atom stereocenters. The Kier molecular flexibility index (Phi) is 6.74. The summed E-state index contributed by atoms with van der Waals surface area (Å²) in [5.41, 5.74) is 0.769. The van der Waals surface area contributed by atoms with Gasteiger partial charge in [0.25, 0.3) is 0 Å². The van der Waals surface area contributed by atoms with Crippen molar-refractivity contribution in [1.29, 1.82) is 0 Å². The summed E-state index contributed by atoms with van der Waals surface area (Å²) in [6.45, 7) is 0.0894. The second-order valence-electron chi connectivity index (χ2n) is 6.36. The van der Waals surface area contributed by atoms with E-state index in [9.17, 15) is 17.6 Å². The highest BCUT2D eigenvalue weighted by atomic mass is 32.2. The molecule has 1 amide bonds. The van der Waals surface area contributed by atoms with E-state index in [4.69, 9.17) is 0 Å². The zero-order valence-corrected chi connectivity index (χ0v) is 14.8. The molecule has 1 aromatic carbocycles. The number of hydrogen-bond acceptors (Lipinski definition) is 3. The van der Waals surface area contributed by atoms with Crippen molar-refractivity contribution in [2.75, 3.05) is 12.8 Å². The van der Waals surface area contributed by atoms with Gasteiger partial charge in [0.15, 0.2) is 0 Å². The average Bonchev–Trinajstić information content (AvgIpc) is 2.80. The summed E-state index contributed by atoms with van der Waals surface area (Å²) < 4.78 is 38.4. The van der Waals surface area contributed by atoms with E-state index in [1.54, 1.807) is 12.1 Å². The quantitative estimate of drug-likeness (QED) is 0.796. The number of sulfonamides is 1. The zero-order chi connectivity index (χ0) is 17.6. The van der Waals surface area contributed by atoms with Crippen LogP contribution in [0.3, 0.4) is 0 Å². The minimum absolute atomic E-state index is 0.0981. The number of benzene rings is 1. The van der Waals surface area contributed by atoms with Crippen LogP contribution in [-0.2, 0) is 21.4 Å². The number of nitrogens with one attached hydrogen (secondary N) is 1. The maximum absolute atomic E-state index is 12.9. The van der Waals surface area contributed by atoms with Gasteiger partial charge in [-0.25, -0.2) is 12.8 Å². The third-order valence-corrected chi connectivity index (χ3v) is 5.64. The molecule has 1 N–H and O–H groups in total. The summed E-state index contributed by atoms with van der Waals surface area (Å²) in [5, 5.41) is 2.71. The third kappa shape index (κ3) is 5.87. The summed E-state index contributed by atoms with van der Waals surface area (Å²) in [4.78, 5) is 12.2. The Bertz CT molecular complexity index is 638. The molecule has 0 spiro atoms. The van der Waals surface area contributed by atoms with Gasteiger partial charge in [-0.1, -0.05) is 37.8 Å². The van der Waals surface area contributed by atoms with Crippen LogP contribution in [0.25, 0.3) is 0 Å². The van der Waals surface area contributed by atoms with Crippen LogP contribution < -0.4 is 5.32 Å². The van der Waals surface area contributed by atoms with Crippen molar-refractivity contribution in [3.63, 3.8) is 0 Å². The van der Waals surface area contributed by atoms with E-state index in [1.807, 2.05) is 0 Å². The monoisotopic (exact) mass is 356 g/mol. The lowest BCUT2D eigenvalue weighted by molar-refractivity contribution is -0.121. The maximum atomic E-state index is 12.9. The van der Waals surface area contributed by atoms with Gasteiger partial charge in [-0.2, -0.15) is 4.31 Å². The van der Waals surface area contributed by atoms with Crippen LogP contribution in [0.15, 0.2) is 24.3 Å². The van der Waals surface area contributed by atoms with Crippen molar-refractivity contribution in [2.24, 2.45) is 0 Å². The molecule has 0 aromatic heterocycles. The van der Waals surface area contributed by atoms with Crippen LogP contribution in [0, 0.1) is 5.82 Å². The van der Waals surface area contributed by atoms with E-state index in [1.165, 1.54) is 16.4 Å². The SMILES string of the molecule is CS(=O)(=O)N(CC(=O)NCc1ccc(F)cc1)C1CCCCCC1. The van der Waals surface area contributed by atoms with E-state index in [2.05, 4.69) is 5.32 Å². The highest BCUT2D eigenvalue weighted by Crippen LogP contribution is 2.23. The van der Waals surface area contributed by atoms with Gasteiger partial charge in [0.1, 0.15) is 5.82 Å². The summed E-state index contributed by atoms with van der Waals surface area (Å²) in [6, 6.07) is 5.75. The number of halogens is 1. The topological polar surface area (TPSA) is 66.5 Å². The molecule has 0 bridgehead atoms. The molecule has 1 aliphatic rings. The first-order valence-electron chi connectivity index (χ1n) is 8.34. The molecule has 2 rings (SSSR count). The van der Waals surface area contributed by atoms with Gasteiger partial charge in [0, 0.05) is 12.6 Å². The molecule has 1 fully saturated rings. The van der Waals surface area contributed by atoms with Gasteiger partial charge in [-0.3, -0.25) is 4.79 Å². The highest BCUT2D eigenvalue weighted by Gasteiger charge is 2.29. The van der Waals surface area contributed by atoms with Crippen molar-refractivity contribution in [3.8, 4) is 0 Å². The molecule has 5 nitrogen and oxygen atoms in total. The van der Waals surface area contributed by atoms with E-state index in [-0.39, 0.29) is 30.9 Å². The Hall–Kier alpha value is -1.47. The fourth-order valence-corrected chi connectivity index (χ4v) is 4.17. The zero-order valence-electron chi connectivity index (χ0n) is 14.0. The Morgan fingerprint density at radius 3 is 2.29 bits per heavy atom. The lowest BCUT2D eigenvalue weighted by Gasteiger charge is -2.28. The van der Waals surface area contributed by atoms with Gasteiger partial charge in [-0.15, -0.1) is 0 Å². The summed E-state index contributed by atoms with van der Waals surface area (Å²) >= 11 is 0. The first-order chi connectivity index (χ1) is 11.4. The molecule has 1 saturated carbocycles. The maximum Gasteiger partial charge on any atom is 0.235 e. The molecule has 0 aliphatic heterocycles. The largest absolute Gasteiger partial charge is 0.351 e. The van der Waals surface area contributed by atoms with Crippen LogP contribution >= 0.6 is 0 Å². The van der Waals surface area contributed by atoms with Crippen LogP contribution in [0.5, 0.6) is 0 Å². The first-order valence-corrected chi connectivity index (χ1v) is 10.2. The minimum atomic E-state index is -3.44. The predicted molar refractivity (Wildman–Crippen MR) is 91.3 cm³/mol. The smallest absolute Gasteiger partial charge is 0.235 e. The molecule has 0 saturated heterocycles. The fourth-order valence-electron chi connectivity index (χ4n) is 3.06. The Balaban J connectivity index is 1.95. The van der Waals surface area contributed by atoms with Crippen LogP contribution in [0.2, 0.25) is 0 Å². The van der Waals surface area contributed by atoms with Crippen molar-refractivity contribution in [3.05, 3.63) is 35.6 Å². The number of carbonyl (C=O) groups excluding carboxylic acids is 1. The van der Waals surface area contributed by atoms with Crippen molar-refractivity contribution >= 4 is 15.9 Å².